The fraction of sp³-hybridized carbons (Fsp3) is 0.625. The van der Waals surface area contributed by atoms with E-state index < -0.39 is 0 Å². The monoisotopic (exact) mass is 324 g/mol. The van der Waals surface area contributed by atoms with Gasteiger partial charge in [-0.05, 0) is 44.4 Å². The highest BCUT2D eigenvalue weighted by Crippen LogP contribution is 2.38. The standard InChI is InChI=1S/C16H25BrN2/c1-3-4-11-19(13-9-10-13)16(12(2)18)14-7-5-6-8-15(14)17/h5-8,12-13,16H,3-4,9-11,18H2,1-2H3. The van der Waals surface area contributed by atoms with Gasteiger partial charge >= 0.3 is 0 Å². The quantitative estimate of drug-likeness (QED) is 0.818. The van der Waals surface area contributed by atoms with Crippen LogP contribution in [-0.2, 0) is 0 Å². The molecule has 1 aromatic rings. The number of benzene rings is 1. The SMILES string of the molecule is CCCCN(C1CC1)C(c1ccccc1Br)C(C)N. The van der Waals surface area contributed by atoms with Crippen molar-refractivity contribution in [3.63, 3.8) is 0 Å². The minimum atomic E-state index is 0.149. The Balaban J connectivity index is 2.24. The Morgan fingerprint density at radius 3 is 2.58 bits per heavy atom. The van der Waals surface area contributed by atoms with Crippen LogP contribution in [0.15, 0.2) is 28.7 Å². The molecule has 1 aromatic carbocycles. The summed E-state index contributed by atoms with van der Waals surface area (Å²) < 4.78 is 1.18. The molecule has 2 nitrogen and oxygen atoms in total. The van der Waals surface area contributed by atoms with E-state index in [1.54, 1.807) is 0 Å². The molecule has 0 heterocycles. The zero-order valence-corrected chi connectivity index (χ0v) is 13.6. The molecule has 1 aliphatic carbocycles. The molecule has 0 bridgehead atoms. The zero-order chi connectivity index (χ0) is 13.8. The summed E-state index contributed by atoms with van der Waals surface area (Å²) in [5.41, 5.74) is 7.65. The lowest BCUT2D eigenvalue weighted by Gasteiger charge is -2.35. The molecular formula is C16H25BrN2. The Bertz CT molecular complexity index is 401. The third-order valence-electron chi connectivity index (χ3n) is 3.86. The number of nitrogens with two attached hydrogens (primary N) is 1. The number of nitrogens with zero attached hydrogens (tertiary/aromatic N) is 1. The van der Waals surface area contributed by atoms with Crippen LogP contribution in [0.25, 0.3) is 0 Å². The molecule has 1 fully saturated rings. The van der Waals surface area contributed by atoms with Gasteiger partial charge in [0.15, 0.2) is 0 Å². The van der Waals surface area contributed by atoms with E-state index in [2.05, 4.69) is 58.9 Å². The number of hydrogen-bond donors (Lipinski definition) is 1. The molecule has 2 unspecified atom stereocenters. The molecular weight excluding hydrogens is 300 g/mol. The van der Waals surface area contributed by atoms with Crippen LogP contribution in [0.2, 0.25) is 0 Å². The van der Waals surface area contributed by atoms with Crippen molar-refractivity contribution < 1.29 is 0 Å². The lowest BCUT2D eigenvalue weighted by Crippen LogP contribution is -2.41. The Morgan fingerprint density at radius 1 is 1.37 bits per heavy atom. The fourth-order valence-electron chi connectivity index (χ4n) is 2.77. The molecule has 19 heavy (non-hydrogen) atoms. The Morgan fingerprint density at radius 2 is 2.05 bits per heavy atom. The van der Waals surface area contributed by atoms with Gasteiger partial charge in [0.2, 0.25) is 0 Å². The molecule has 0 aromatic heterocycles. The van der Waals surface area contributed by atoms with Crippen LogP contribution in [0, 0.1) is 0 Å². The van der Waals surface area contributed by atoms with Crippen molar-refractivity contribution in [2.24, 2.45) is 5.73 Å². The van der Waals surface area contributed by atoms with Gasteiger partial charge in [0.25, 0.3) is 0 Å². The fourth-order valence-corrected chi connectivity index (χ4v) is 3.29. The van der Waals surface area contributed by atoms with E-state index in [1.165, 1.54) is 35.7 Å². The number of rotatable bonds is 7. The topological polar surface area (TPSA) is 29.3 Å². The second-order valence-electron chi connectivity index (χ2n) is 5.65. The molecule has 0 amide bonds. The van der Waals surface area contributed by atoms with Crippen LogP contribution in [0.4, 0.5) is 0 Å². The first-order chi connectivity index (χ1) is 9.15. The highest BCUT2D eigenvalue weighted by atomic mass is 79.9. The van der Waals surface area contributed by atoms with Gasteiger partial charge in [0.05, 0.1) is 6.04 Å². The summed E-state index contributed by atoms with van der Waals surface area (Å²) in [6.45, 7) is 5.55. The van der Waals surface area contributed by atoms with Gasteiger partial charge in [0.1, 0.15) is 0 Å². The van der Waals surface area contributed by atoms with Gasteiger partial charge < -0.3 is 5.73 Å². The van der Waals surface area contributed by atoms with Crippen LogP contribution in [0.3, 0.4) is 0 Å². The maximum Gasteiger partial charge on any atom is 0.0510 e. The molecule has 0 saturated heterocycles. The first kappa shape index (κ1) is 15.0. The third kappa shape index (κ3) is 3.80. The number of unbranched alkanes of at least 4 members (excludes halogenated alkanes) is 1. The zero-order valence-electron chi connectivity index (χ0n) is 12.0. The molecule has 2 atom stereocenters. The van der Waals surface area contributed by atoms with E-state index in [-0.39, 0.29) is 6.04 Å². The molecule has 2 rings (SSSR count). The van der Waals surface area contributed by atoms with Crippen LogP contribution < -0.4 is 5.73 Å². The van der Waals surface area contributed by atoms with Crippen LogP contribution in [-0.4, -0.2) is 23.5 Å². The minimum Gasteiger partial charge on any atom is -0.326 e. The average Bonchev–Trinajstić information content (AvgIpc) is 3.20. The lowest BCUT2D eigenvalue weighted by atomic mass is 9.98. The van der Waals surface area contributed by atoms with Crippen LogP contribution >= 0.6 is 15.9 Å². The molecule has 0 radical (unpaired) electrons. The summed E-state index contributed by atoms with van der Waals surface area (Å²) in [7, 11) is 0. The van der Waals surface area contributed by atoms with E-state index >= 15 is 0 Å². The van der Waals surface area contributed by atoms with Crippen molar-refractivity contribution in [3.05, 3.63) is 34.3 Å². The predicted molar refractivity (Wildman–Crippen MR) is 85.2 cm³/mol. The van der Waals surface area contributed by atoms with Gasteiger partial charge in [-0.3, -0.25) is 4.90 Å². The second kappa shape index (κ2) is 6.87. The van der Waals surface area contributed by atoms with Gasteiger partial charge in [-0.15, -0.1) is 0 Å². The molecule has 0 aliphatic heterocycles. The van der Waals surface area contributed by atoms with Crippen molar-refractivity contribution in [2.75, 3.05) is 6.54 Å². The highest BCUT2D eigenvalue weighted by molar-refractivity contribution is 9.10. The maximum absolute atomic E-state index is 6.31. The first-order valence-corrected chi connectivity index (χ1v) is 8.20. The Labute approximate surface area is 125 Å². The van der Waals surface area contributed by atoms with Crippen LogP contribution in [0.1, 0.15) is 51.1 Å². The van der Waals surface area contributed by atoms with Gasteiger partial charge in [-0.2, -0.15) is 0 Å². The lowest BCUT2D eigenvalue weighted by molar-refractivity contribution is 0.163. The molecule has 0 spiro atoms. The van der Waals surface area contributed by atoms with Crippen molar-refractivity contribution in [1.82, 2.24) is 4.90 Å². The normalized spacial score (nSPS) is 18.6. The number of hydrogen-bond acceptors (Lipinski definition) is 2. The second-order valence-corrected chi connectivity index (χ2v) is 6.50. The van der Waals surface area contributed by atoms with Crippen molar-refractivity contribution >= 4 is 15.9 Å². The molecule has 1 aliphatic rings. The van der Waals surface area contributed by atoms with E-state index in [0.717, 1.165) is 12.6 Å². The maximum atomic E-state index is 6.31. The van der Waals surface area contributed by atoms with Crippen molar-refractivity contribution in [3.8, 4) is 0 Å². The molecule has 3 heteroatoms. The van der Waals surface area contributed by atoms with Crippen molar-refractivity contribution in [2.45, 2.75) is 57.7 Å². The predicted octanol–water partition coefficient (Wildman–Crippen LogP) is 4.10. The molecule has 2 N–H and O–H groups in total. The van der Waals surface area contributed by atoms with Crippen molar-refractivity contribution in [1.29, 1.82) is 0 Å². The van der Waals surface area contributed by atoms with E-state index in [4.69, 9.17) is 5.73 Å². The molecule has 1 saturated carbocycles. The Hall–Kier alpha value is -0.380. The first-order valence-electron chi connectivity index (χ1n) is 7.41. The summed E-state index contributed by atoms with van der Waals surface area (Å²) in [6.07, 6.45) is 5.16. The largest absolute Gasteiger partial charge is 0.326 e. The number of halogens is 1. The highest BCUT2D eigenvalue weighted by Gasteiger charge is 2.36. The smallest absolute Gasteiger partial charge is 0.0510 e. The van der Waals surface area contributed by atoms with Crippen LogP contribution in [0.5, 0.6) is 0 Å². The summed E-state index contributed by atoms with van der Waals surface area (Å²) >= 11 is 3.69. The summed E-state index contributed by atoms with van der Waals surface area (Å²) in [6, 6.07) is 9.73. The summed E-state index contributed by atoms with van der Waals surface area (Å²) in [4.78, 5) is 2.63. The molecule has 106 valence electrons. The third-order valence-corrected chi connectivity index (χ3v) is 4.59. The van der Waals surface area contributed by atoms with Gasteiger partial charge in [-0.1, -0.05) is 47.5 Å². The average molecular weight is 325 g/mol. The Kier molecular flexibility index (Phi) is 5.43. The van der Waals surface area contributed by atoms with E-state index in [1.807, 2.05) is 0 Å². The minimum absolute atomic E-state index is 0.149. The van der Waals surface area contributed by atoms with E-state index in [9.17, 15) is 0 Å². The summed E-state index contributed by atoms with van der Waals surface area (Å²) in [5.74, 6) is 0. The van der Waals surface area contributed by atoms with Gasteiger partial charge in [-0.25, -0.2) is 0 Å². The summed E-state index contributed by atoms with van der Waals surface area (Å²) in [5, 5.41) is 0. The van der Waals surface area contributed by atoms with Gasteiger partial charge in [0, 0.05) is 16.6 Å². The van der Waals surface area contributed by atoms with E-state index in [0.29, 0.717) is 6.04 Å².